The number of hydrogen-bond donors (Lipinski definition) is 1. The van der Waals surface area contributed by atoms with Crippen molar-refractivity contribution in [2.75, 3.05) is 17.2 Å². The largest absolute Gasteiger partial charge is 0.383 e. The summed E-state index contributed by atoms with van der Waals surface area (Å²) in [5.41, 5.74) is 7.18. The Balaban J connectivity index is 2.22. The molecule has 0 spiro atoms. The van der Waals surface area contributed by atoms with Gasteiger partial charge in [-0.2, -0.15) is 0 Å². The fourth-order valence-electron chi connectivity index (χ4n) is 2.40. The highest BCUT2D eigenvalue weighted by Gasteiger charge is 2.31. The van der Waals surface area contributed by atoms with Gasteiger partial charge in [0, 0.05) is 18.2 Å². The molecule has 4 nitrogen and oxygen atoms in total. The SMILES string of the molecule is CCCc1c(N)ncnc1N(CCC(C)C)C1CC1. The molecular formula is C15H26N4. The minimum atomic E-state index is 0.655. The van der Waals surface area contributed by atoms with Crippen LogP contribution in [0, 0.1) is 5.92 Å². The maximum atomic E-state index is 6.04. The molecule has 1 aromatic heterocycles. The molecule has 2 rings (SSSR count). The highest BCUT2D eigenvalue weighted by Crippen LogP contribution is 2.34. The van der Waals surface area contributed by atoms with Gasteiger partial charge in [-0.1, -0.05) is 27.2 Å². The van der Waals surface area contributed by atoms with E-state index in [0.29, 0.717) is 11.9 Å². The number of aromatic nitrogens is 2. The van der Waals surface area contributed by atoms with E-state index in [9.17, 15) is 0 Å². The minimum Gasteiger partial charge on any atom is -0.383 e. The molecule has 0 unspecified atom stereocenters. The van der Waals surface area contributed by atoms with Crippen molar-refractivity contribution in [3.63, 3.8) is 0 Å². The van der Waals surface area contributed by atoms with Crippen molar-refractivity contribution in [2.45, 2.75) is 58.9 Å². The van der Waals surface area contributed by atoms with Crippen molar-refractivity contribution in [1.82, 2.24) is 9.97 Å². The molecule has 1 aliphatic rings. The summed E-state index contributed by atoms with van der Waals surface area (Å²) in [6.45, 7) is 7.79. The second kappa shape index (κ2) is 6.22. The second-order valence-electron chi connectivity index (χ2n) is 5.92. The van der Waals surface area contributed by atoms with Crippen LogP contribution in [-0.2, 0) is 6.42 Å². The van der Waals surface area contributed by atoms with E-state index in [1.54, 1.807) is 6.33 Å². The van der Waals surface area contributed by atoms with E-state index in [4.69, 9.17) is 5.73 Å². The summed E-state index contributed by atoms with van der Waals surface area (Å²) in [7, 11) is 0. The molecule has 0 amide bonds. The Morgan fingerprint density at radius 2 is 2.11 bits per heavy atom. The van der Waals surface area contributed by atoms with Gasteiger partial charge in [-0.15, -0.1) is 0 Å². The average Bonchev–Trinajstić information content (AvgIpc) is 3.17. The number of rotatable bonds is 7. The third kappa shape index (κ3) is 3.58. The van der Waals surface area contributed by atoms with Crippen LogP contribution < -0.4 is 10.6 Å². The van der Waals surface area contributed by atoms with E-state index in [1.165, 1.54) is 19.3 Å². The zero-order valence-electron chi connectivity index (χ0n) is 12.4. The fraction of sp³-hybridized carbons (Fsp3) is 0.733. The molecule has 0 radical (unpaired) electrons. The van der Waals surface area contributed by atoms with Crippen molar-refractivity contribution in [1.29, 1.82) is 0 Å². The predicted molar refractivity (Wildman–Crippen MR) is 80.3 cm³/mol. The molecule has 0 bridgehead atoms. The lowest BCUT2D eigenvalue weighted by Gasteiger charge is -2.27. The van der Waals surface area contributed by atoms with Gasteiger partial charge in [0.25, 0.3) is 0 Å². The van der Waals surface area contributed by atoms with Gasteiger partial charge in [0.15, 0.2) is 0 Å². The summed E-state index contributed by atoms with van der Waals surface area (Å²) < 4.78 is 0. The summed E-state index contributed by atoms with van der Waals surface area (Å²) in [4.78, 5) is 11.1. The Morgan fingerprint density at radius 3 is 2.68 bits per heavy atom. The maximum absolute atomic E-state index is 6.04. The molecule has 19 heavy (non-hydrogen) atoms. The zero-order chi connectivity index (χ0) is 13.8. The summed E-state index contributed by atoms with van der Waals surface area (Å²) in [6.07, 6.45) is 7.42. The normalized spacial score (nSPS) is 14.9. The summed E-state index contributed by atoms with van der Waals surface area (Å²) in [5, 5.41) is 0. The lowest BCUT2D eigenvalue weighted by atomic mass is 10.1. The van der Waals surface area contributed by atoms with Gasteiger partial charge in [0.05, 0.1) is 0 Å². The molecule has 0 aliphatic heterocycles. The van der Waals surface area contributed by atoms with E-state index in [-0.39, 0.29) is 0 Å². The first kappa shape index (κ1) is 14.1. The van der Waals surface area contributed by atoms with Crippen molar-refractivity contribution < 1.29 is 0 Å². The number of nitrogen functional groups attached to an aromatic ring is 1. The van der Waals surface area contributed by atoms with E-state index >= 15 is 0 Å². The maximum Gasteiger partial charge on any atom is 0.137 e. The summed E-state index contributed by atoms with van der Waals surface area (Å²) in [6, 6.07) is 0.670. The van der Waals surface area contributed by atoms with Crippen LogP contribution in [0.2, 0.25) is 0 Å². The van der Waals surface area contributed by atoms with Crippen molar-refractivity contribution >= 4 is 11.6 Å². The molecule has 1 aromatic rings. The van der Waals surface area contributed by atoms with E-state index in [1.807, 2.05) is 0 Å². The van der Waals surface area contributed by atoms with Gasteiger partial charge < -0.3 is 10.6 Å². The van der Waals surface area contributed by atoms with Crippen LogP contribution in [0.15, 0.2) is 6.33 Å². The van der Waals surface area contributed by atoms with Gasteiger partial charge in [0.2, 0.25) is 0 Å². The van der Waals surface area contributed by atoms with Crippen LogP contribution in [0.25, 0.3) is 0 Å². The van der Waals surface area contributed by atoms with E-state index < -0.39 is 0 Å². The highest BCUT2D eigenvalue weighted by atomic mass is 15.2. The zero-order valence-corrected chi connectivity index (χ0v) is 12.4. The van der Waals surface area contributed by atoms with Crippen LogP contribution in [0.1, 0.15) is 52.0 Å². The Morgan fingerprint density at radius 1 is 1.37 bits per heavy atom. The third-order valence-corrected chi connectivity index (χ3v) is 3.66. The van der Waals surface area contributed by atoms with Crippen molar-refractivity contribution in [3.8, 4) is 0 Å². The lowest BCUT2D eigenvalue weighted by molar-refractivity contribution is 0.567. The van der Waals surface area contributed by atoms with Crippen LogP contribution >= 0.6 is 0 Å². The Bertz CT molecular complexity index is 413. The quantitative estimate of drug-likeness (QED) is 0.820. The topological polar surface area (TPSA) is 55.0 Å². The Kier molecular flexibility index (Phi) is 4.61. The molecule has 0 atom stereocenters. The second-order valence-corrected chi connectivity index (χ2v) is 5.92. The standard InChI is InChI=1S/C15H26N4/c1-4-5-13-14(16)17-10-18-15(13)19(12-6-7-12)9-8-11(2)3/h10-12H,4-9H2,1-3H3,(H2,16,17,18). The van der Waals surface area contributed by atoms with Gasteiger partial charge in [-0.05, 0) is 31.6 Å². The molecule has 1 aliphatic carbocycles. The van der Waals surface area contributed by atoms with Gasteiger partial charge in [-0.25, -0.2) is 9.97 Å². The third-order valence-electron chi connectivity index (χ3n) is 3.66. The number of nitrogens with zero attached hydrogens (tertiary/aromatic N) is 3. The molecular weight excluding hydrogens is 236 g/mol. The molecule has 1 fully saturated rings. The molecule has 106 valence electrons. The predicted octanol–water partition coefficient (Wildman–Crippen LogP) is 3.03. The molecule has 4 heteroatoms. The van der Waals surface area contributed by atoms with Gasteiger partial charge in [-0.3, -0.25) is 0 Å². The molecule has 0 aromatic carbocycles. The molecule has 2 N–H and O–H groups in total. The Hall–Kier alpha value is -1.32. The lowest BCUT2D eigenvalue weighted by Crippen LogP contribution is -2.30. The summed E-state index contributed by atoms with van der Waals surface area (Å²) >= 11 is 0. The molecule has 0 saturated heterocycles. The Labute approximate surface area is 116 Å². The van der Waals surface area contributed by atoms with E-state index in [0.717, 1.165) is 36.7 Å². The van der Waals surface area contributed by atoms with Crippen LogP contribution in [-0.4, -0.2) is 22.6 Å². The fourth-order valence-corrected chi connectivity index (χ4v) is 2.40. The van der Waals surface area contributed by atoms with Crippen LogP contribution in [0.5, 0.6) is 0 Å². The molecule has 1 saturated carbocycles. The van der Waals surface area contributed by atoms with E-state index in [2.05, 4.69) is 35.6 Å². The molecule has 1 heterocycles. The van der Waals surface area contributed by atoms with Crippen LogP contribution in [0.4, 0.5) is 11.6 Å². The number of anilines is 2. The van der Waals surface area contributed by atoms with Gasteiger partial charge in [0.1, 0.15) is 18.0 Å². The van der Waals surface area contributed by atoms with Crippen LogP contribution in [0.3, 0.4) is 0 Å². The first-order valence-corrected chi connectivity index (χ1v) is 7.49. The highest BCUT2D eigenvalue weighted by molar-refractivity contribution is 5.57. The monoisotopic (exact) mass is 262 g/mol. The first-order valence-electron chi connectivity index (χ1n) is 7.49. The minimum absolute atomic E-state index is 0.655. The smallest absolute Gasteiger partial charge is 0.137 e. The average molecular weight is 262 g/mol. The van der Waals surface area contributed by atoms with Crippen molar-refractivity contribution in [3.05, 3.63) is 11.9 Å². The first-order chi connectivity index (χ1) is 9.13. The number of hydrogen-bond acceptors (Lipinski definition) is 4. The number of nitrogens with two attached hydrogens (primary N) is 1. The van der Waals surface area contributed by atoms with Gasteiger partial charge >= 0.3 is 0 Å². The summed E-state index contributed by atoms with van der Waals surface area (Å²) in [5.74, 6) is 2.45. The van der Waals surface area contributed by atoms with Crippen molar-refractivity contribution in [2.24, 2.45) is 5.92 Å².